The highest BCUT2D eigenvalue weighted by atomic mass is 32.2. The third kappa shape index (κ3) is 4.18. The van der Waals surface area contributed by atoms with Gasteiger partial charge in [0.05, 0.1) is 10.6 Å². The van der Waals surface area contributed by atoms with Crippen LogP contribution in [-0.4, -0.2) is 24.7 Å². The Labute approximate surface area is 199 Å². The van der Waals surface area contributed by atoms with Crippen LogP contribution in [0.3, 0.4) is 0 Å². The zero-order valence-corrected chi connectivity index (χ0v) is 21.0. The lowest BCUT2D eigenvalue weighted by Crippen LogP contribution is -2.17. The van der Waals surface area contributed by atoms with Gasteiger partial charge in [0, 0.05) is 22.2 Å². The van der Waals surface area contributed by atoms with Gasteiger partial charge in [-0.05, 0) is 50.6 Å². The average Bonchev–Trinajstić information content (AvgIpc) is 3.50. The first-order valence-electron chi connectivity index (χ1n) is 11.1. The molecule has 0 unspecified atom stereocenters. The lowest BCUT2D eigenvalue weighted by Gasteiger charge is -2.26. The van der Waals surface area contributed by atoms with Crippen LogP contribution in [0.4, 0.5) is 0 Å². The van der Waals surface area contributed by atoms with Crippen LogP contribution >= 0.6 is 34.4 Å². The lowest BCUT2D eigenvalue weighted by molar-refractivity contribution is 0.330. The van der Waals surface area contributed by atoms with Gasteiger partial charge in [-0.15, -0.1) is 32.9 Å². The number of nitrogens with zero attached hydrogens (tertiary/aromatic N) is 4. The molecule has 9 heteroatoms. The molecular formula is C23H27N5OS3. The summed E-state index contributed by atoms with van der Waals surface area (Å²) in [6.07, 6.45) is 6.97. The van der Waals surface area contributed by atoms with Gasteiger partial charge in [-0.3, -0.25) is 4.79 Å². The smallest absolute Gasteiger partial charge is 0.259 e. The van der Waals surface area contributed by atoms with E-state index in [9.17, 15) is 4.79 Å². The third-order valence-electron chi connectivity index (χ3n) is 6.31. The second-order valence-corrected chi connectivity index (χ2v) is 12.0. The van der Waals surface area contributed by atoms with Crippen LogP contribution in [0, 0.1) is 13.8 Å². The van der Waals surface area contributed by atoms with Crippen molar-refractivity contribution in [2.24, 2.45) is 0 Å². The van der Waals surface area contributed by atoms with Crippen LogP contribution in [0.2, 0.25) is 0 Å². The summed E-state index contributed by atoms with van der Waals surface area (Å²) in [4.78, 5) is 23.9. The molecule has 4 aromatic heterocycles. The van der Waals surface area contributed by atoms with Gasteiger partial charge in [-0.1, -0.05) is 37.1 Å². The molecular weight excluding hydrogens is 458 g/mol. The summed E-state index contributed by atoms with van der Waals surface area (Å²) in [5.74, 6) is 1.74. The minimum Gasteiger partial charge on any atom is -0.309 e. The number of nitrogens with one attached hydrogen (secondary N) is 1. The predicted molar refractivity (Wildman–Crippen MR) is 133 cm³/mol. The standard InChI is InChI=1S/C23H27N5OS3/c1-13-14(2)31-22-19(13)21(29)24-20(25-22)15(3)32-23-27-26-18(12-17-10-7-11-30-17)28(23)16-8-5-4-6-9-16/h7,10-11,15-16H,4-6,8-9,12H2,1-3H3,(H,24,25,29)/t15-/m0/s1. The van der Waals surface area contributed by atoms with Gasteiger partial charge in [0.25, 0.3) is 5.56 Å². The second kappa shape index (κ2) is 9.11. The van der Waals surface area contributed by atoms with Crippen molar-refractivity contribution in [2.75, 3.05) is 0 Å². The van der Waals surface area contributed by atoms with E-state index in [0.717, 1.165) is 38.1 Å². The van der Waals surface area contributed by atoms with Crippen LogP contribution in [0.15, 0.2) is 27.5 Å². The summed E-state index contributed by atoms with van der Waals surface area (Å²) < 4.78 is 2.37. The first kappa shape index (κ1) is 21.9. The number of hydrogen-bond donors (Lipinski definition) is 1. The van der Waals surface area contributed by atoms with Gasteiger partial charge in [-0.2, -0.15) is 0 Å². The van der Waals surface area contributed by atoms with Crippen molar-refractivity contribution in [1.29, 1.82) is 0 Å². The molecule has 4 aromatic rings. The molecule has 5 rings (SSSR count). The van der Waals surface area contributed by atoms with E-state index in [2.05, 4.69) is 44.2 Å². The van der Waals surface area contributed by atoms with E-state index in [-0.39, 0.29) is 10.8 Å². The molecule has 1 fully saturated rings. The Bertz CT molecular complexity index is 1280. The zero-order valence-electron chi connectivity index (χ0n) is 18.6. The summed E-state index contributed by atoms with van der Waals surface area (Å²) in [5.41, 5.74) is 0.979. The normalized spacial score (nSPS) is 16.1. The summed E-state index contributed by atoms with van der Waals surface area (Å²) in [6, 6.07) is 4.69. The van der Waals surface area contributed by atoms with Crippen LogP contribution < -0.4 is 5.56 Å². The van der Waals surface area contributed by atoms with Gasteiger partial charge < -0.3 is 9.55 Å². The van der Waals surface area contributed by atoms with Crippen molar-refractivity contribution < 1.29 is 0 Å². The zero-order chi connectivity index (χ0) is 22.2. The van der Waals surface area contributed by atoms with Crippen LogP contribution in [0.25, 0.3) is 10.2 Å². The van der Waals surface area contributed by atoms with Crippen molar-refractivity contribution in [3.8, 4) is 0 Å². The minimum atomic E-state index is -0.0496. The monoisotopic (exact) mass is 485 g/mol. The van der Waals surface area contributed by atoms with E-state index in [1.54, 1.807) is 34.4 Å². The van der Waals surface area contributed by atoms with E-state index in [1.165, 1.54) is 37.0 Å². The molecule has 1 atom stereocenters. The van der Waals surface area contributed by atoms with E-state index >= 15 is 0 Å². The fraction of sp³-hybridized carbons (Fsp3) is 0.478. The van der Waals surface area contributed by atoms with Gasteiger partial charge in [0.15, 0.2) is 5.16 Å². The number of rotatable bonds is 6. The number of thioether (sulfide) groups is 1. The summed E-state index contributed by atoms with van der Waals surface area (Å²) in [7, 11) is 0. The van der Waals surface area contributed by atoms with Crippen LogP contribution in [0.5, 0.6) is 0 Å². The minimum absolute atomic E-state index is 0.0315. The number of aromatic nitrogens is 5. The Morgan fingerprint density at radius 1 is 1.25 bits per heavy atom. The van der Waals surface area contributed by atoms with Gasteiger partial charge in [0.1, 0.15) is 16.5 Å². The number of aryl methyl sites for hydroxylation is 2. The Morgan fingerprint density at radius 2 is 2.06 bits per heavy atom. The molecule has 1 aliphatic rings. The molecule has 0 spiro atoms. The van der Waals surface area contributed by atoms with Crippen LogP contribution in [0.1, 0.15) is 77.3 Å². The van der Waals surface area contributed by atoms with Crippen molar-refractivity contribution in [2.45, 2.75) is 75.7 Å². The molecule has 4 heterocycles. The molecule has 0 aromatic carbocycles. The maximum absolute atomic E-state index is 12.8. The summed E-state index contributed by atoms with van der Waals surface area (Å²) >= 11 is 5.00. The predicted octanol–water partition coefficient (Wildman–Crippen LogP) is 6.20. The number of fused-ring (bicyclic) bond motifs is 1. The van der Waals surface area contributed by atoms with Gasteiger partial charge in [0.2, 0.25) is 0 Å². The fourth-order valence-corrected chi connectivity index (χ4v) is 7.20. The average molecular weight is 486 g/mol. The number of thiophene rings is 2. The highest BCUT2D eigenvalue weighted by molar-refractivity contribution is 7.99. The van der Waals surface area contributed by atoms with Gasteiger partial charge in [-0.25, -0.2) is 4.98 Å². The van der Waals surface area contributed by atoms with Crippen molar-refractivity contribution in [1.82, 2.24) is 24.7 Å². The van der Waals surface area contributed by atoms with Crippen molar-refractivity contribution in [3.05, 3.63) is 54.8 Å². The largest absolute Gasteiger partial charge is 0.309 e. The first-order chi connectivity index (χ1) is 15.5. The first-order valence-corrected chi connectivity index (χ1v) is 13.7. The maximum Gasteiger partial charge on any atom is 0.259 e. The second-order valence-electron chi connectivity index (χ2n) is 8.49. The molecule has 0 saturated heterocycles. The third-order valence-corrected chi connectivity index (χ3v) is 9.36. The molecule has 0 amide bonds. The number of aromatic amines is 1. The molecule has 0 radical (unpaired) electrons. The molecule has 6 nitrogen and oxygen atoms in total. The molecule has 0 aliphatic heterocycles. The van der Waals surface area contributed by atoms with E-state index < -0.39 is 0 Å². The molecule has 1 N–H and O–H groups in total. The number of hydrogen-bond acceptors (Lipinski definition) is 7. The summed E-state index contributed by atoms with van der Waals surface area (Å²) in [5, 5.41) is 12.9. The lowest BCUT2D eigenvalue weighted by atomic mass is 9.95. The molecule has 168 valence electrons. The van der Waals surface area contributed by atoms with Crippen molar-refractivity contribution >= 4 is 44.7 Å². The Kier molecular flexibility index (Phi) is 6.22. The molecule has 1 aliphatic carbocycles. The van der Waals surface area contributed by atoms with E-state index in [0.29, 0.717) is 11.9 Å². The Morgan fingerprint density at radius 3 is 2.81 bits per heavy atom. The molecule has 1 saturated carbocycles. The Hall–Kier alpha value is -1.97. The van der Waals surface area contributed by atoms with Crippen molar-refractivity contribution in [3.63, 3.8) is 0 Å². The molecule has 32 heavy (non-hydrogen) atoms. The van der Waals surface area contributed by atoms with E-state index in [1.807, 2.05) is 13.8 Å². The quantitative estimate of drug-likeness (QED) is 0.329. The maximum atomic E-state index is 12.8. The SMILES string of the molecule is Cc1sc2nc([C@H](C)Sc3nnc(Cc4cccs4)n3C3CCCCC3)[nH]c(=O)c2c1C. The Balaban J connectivity index is 1.47. The highest BCUT2D eigenvalue weighted by Crippen LogP contribution is 2.38. The van der Waals surface area contributed by atoms with E-state index in [4.69, 9.17) is 4.98 Å². The summed E-state index contributed by atoms with van der Waals surface area (Å²) in [6.45, 7) is 6.12. The topological polar surface area (TPSA) is 76.5 Å². The van der Waals surface area contributed by atoms with Gasteiger partial charge >= 0.3 is 0 Å². The van der Waals surface area contributed by atoms with Crippen LogP contribution in [-0.2, 0) is 6.42 Å². The molecule has 0 bridgehead atoms. The number of H-pyrrole nitrogens is 1. The highest BCUT2D eigenvalue weighted by Gasteiger charge is 2.25. The fourth-order valence-electron chi connectivity index (χ4n) is 4.46.